The standard InChI is InChI=1S/C17H18N4O6S/c1-25-13-7-6-11(10-14(13)26-2)17(22)18-8-9-19-28(23,24)15-5-3-4-12-16(15)21-27-20-12/h3-7,10,19H,8-9H2,1-2H3,(H,18,22). The molecule has 0 radical (unpaired) electrons. The minimum Gasteiger partial charge on any atom is -0.493 e. The highest BCUT2D eigenvalue weighted by atomic mass is 32.2. The van der Waals surface area contributed by atoms with E-state index in [9.17, 15) is 13.2 Å². The minimum absolute atomic E-state index is 0.0109. The number of benzene rings is 2. The molecule has 1 amide bonds. The van der Waals surface area contributed by atoms with Crippen LogP contribution < -0.4 is 19.5 Å². The van der Waals surface area contributed by atoms with Gasteiger partial charge in [-0.15, -0.1) is 0 Å². The third kappa shape index (κ3) is 4.05. The number of nitrogens with zero attached hydrogens (tertiary/aromatic N) is 2. The second kappa shape index (κ2) is 8.23. The summed E-state index contributed by atoms with van der Waals surface area (Å²) in [5.74, 6) is 0.552. The predicted octanol–water partition coefficient (Wildman–Crippen LogP) is 0.948. The van der Waals surface area contributed by atoms with Gasteiger partial charge in [0.2, 0.25) is 10.0 Å². The van der Waals surface area contributed by atoms with Crippen molar-refractivity contribution in [1.29, 1.82) is 0 Å². The maximum atomic E-state index is 12.4. The van der Waals surface area contributed by atoms with Crippen LogP contribution in [0.2, 0.25) is 0 Å². The van der Waals surface area contributed by atoms with Crippen molar-refractivity contribution in [1.82, 2.24) is 20.4 Å². The Kier molecular flexibility index (Phi) is 5.76. The molecule has 0 aliphatic heterocycles. The lowest BCUT2D eigenvalue weighted by atomic mass is 10.2. The molecule has 0 aliphatic carbocycles. The van der Waals surface area contributed by atoms with Gasteiger partial charge in [-0.25, -0.2) is 17.8 Å². The summed E-state index contributed by atoms with van der Waals surface area (Å²) in [6.07, 6.45) is 0. The largest absolute Gasteiger partial charge is 0.493 e. The van der Waals surface area contributed by atoms with Crippen LogP contribution >= 0.6 is 0 Å². The van der Waals surface area contributed by atoms with E-state index >= 15 is 0 Å². The normalized spacial score (nSPS) is 11.4. The molecule has 0 fully saturated rings. The number of sulfonamides is 1. The van der Waals surface area contributed by atoms with E-state index in [2.05, 4.69) is 25.0 Å². The fourth-order valence-electron chi connectivity index (χ4n) is 2.52. The van der Waals surface area contributed by atoms with Gasteiger partial charge in [-0.3, -0.25) is 4.79 Å². The van der Waals surface area contributed by atoms with Gasteiger partial charge >= 0.3 is 0 Å². The zero-order valence-electron chi connectivity index (χ0n) is 15.1. The number of carbonyl (C=O) groups excluding carboxylic acids is 1. The van der Waals surface area contributed by atoms with Crippen molar-refractivity contribution >= 4 is 27.0 Å². The third-order valence-corrected chi connectivity index (χ3v) is 5.38. The lowest BCUT2D eigenvalue weighted by Gasteiger charge is -2.10. The van der Waals surface area contributed by atoms with Crippen LogP contribution in [0.3, 0.4) is 0 Å². The van der Waals surface area contributed by atoms with Crippen LogP contribution in [0.15, 0.2) is 45.9 Å². The van der Waals surface area contributed by atoms with Crippen molar-refractivity contribution in [2.75, 3.05) is 27.3 Å². The lowest BCUT2D eigenvalue weighted by Crippen LogP contribution is -2.34. The number of ether oxygens (including phenoxy) is 2. The van der Waals surface area contributed by atoms with Gasteiger partial charge in [0.15, 0.2) is 17.0 Å². The highest BCUT2D eigenvalue weighted by Crippen LogP contribution is 2.27. The molecule has 28 heavy (non-hydrogen) atoms. The quantitative estimate of drug-likeness (QED) is 0.528. The van der Waals surface area contributed by atoms with Crippen molar-refractivity contribution in [3.05, 3.63) is 42.0 Å². The summed E-state index contributed by atoms with van der Waals surface area (Å²) >= 11 is 0. The maximum Gasteiger partial charge on any atom is 0.251 e. The maximum absolute atomic E-state index is 12.4. The first-order valence-corrected chi connectivity index (χ1v) is 9.66. The van der Waals surface area contributed by atoms with Crippen LogP contribution in [-0.4, -0.2) is 51.9 Å². The highest BCUT2D eigenvalue weighted by molar-refractivity contribution is 7.89. The molecule has 0 saturated carbocycles. The van der Waals surface area contributed by atoms with Crippen LogP contribution in [0, 0.1) is 0 Å². The van der Waals surface area contributed by atoms with E-state index in [4.69, 9.17) is 9.47 Å². The van der Waals surface area contributed by atoms with Gasteiger partial charge in [0.1, 0.15) is 10.4 Å². The molecule has 0 unspecified atom stereocenters. The van der Waals surface area contributed by atoms with Gasteiger partial charge in [-0.2, -0.15) is 0 Å². The summed E-state index contributed by atoms with van der Waals surface area (Å²) in [6, 6.07) is 9.27. The second-order valence-corrected chi connectivity index (χ2v) is 7.35. The van der Waals surface area contributed by atoms with E-state index in [1.165, 1.54) is 26.4 Å². The molecule has 0 atom stereocenters. The average molecular weight is 406 g/mol. The molecule has 2 aromatic carbocycles. The SMILES string of the molecule is COc1ccc(C(=O)NCCNS(=O)(=O)c2cccc3nonc23)cc1OC. The molecular formula is C17H18N4O6S. The minimum atomic E-state index is -3.84. The Hall–Kier alpha value is -3.18. The van der Waals surface area contributed by atoms with E-state index in [1.807, 2.05) is 0 Å². The van der Waals surface area contributed by atoms with Crippen molar-refractivity contribution < 1.29 is 27.3 Å². The Morgan fingerprint density at radius 3 is 2.61 bits per heavy atom. The van der Waals surface area contributed by atoms with Gasteiger partial charge in [0.05, 0.1) is 14.2 Å². The van der Waals surface area contributed by atoms with Gasteiger partial charge in [-0.05, 0) is 40.6 Å². The molecule has 1 aromatic heterocycles. The Labute approximate surface area is 160 Å². The molecule has 3 rings (SSSR count). The number of fused-ring (bicyclic) bond motifs is 1. The fourth-order valence-corrected chi connectivity index (χ4v) is 3.70. The number of aromatic nitrogens is 2. The number of rotatable bonds is 8. The zero-order chi connectivity index (χ0) is 20.1. The topological polar surface area (TPSA) is 133 Å². The molecule has 2 N–H and O–H groups in total. The van der Waals surface area contributed by atoms with Crippen molar-refractivity contribution in [3.8, 4) is 11.5 Å². The van der Waals surface area contributed by atoms with Gasteiger partial charge in [0.25, 0.3) is 5.91 Å². The zero-order valence-corrected chi connectivity index (χ0v) is 15.9. The number of methoxy groups -OCH3 is 2. The lowest BCUT2D eigenvalue weighted by molar-refractivity contribution is 0.0954. The van der Waals surface area contributed by atoms with Crippen LogP contribution in [-0.2, 0) is 10.0 Å². The first kappa shape index (κ1) is 19.6. The Balaban J connectivity index is 1.59. The average Bonchev–Trinajstić information content (AvgIpc) is 3.19. The molecule has 0 bridgehead atoms. The predicted molar refractivity (Wildman–Crippen MR) is 98.9 cm³/mol. The van der Waals surface area contributed by atoms with Gasteiger partial charge in [0, 0.05) is 18.7 Å². The number of amides is 1. The summed E-state index contributed by atoms with van der Waals surface area (Å²) < 4.78 is 42.2. The van der Waals surface area contributed by atoms with Crippen molar-refractivity contribution in [3.63, 3.8) is 0 Å². The van der Waals surface area contributed by atoms with Crippen LogP contribution in [0.5, 0.6) is 11.5 Å². The second-order valence-electron chi connectivity index (χ2n) is 5.61. The van der Waals surface area contributed by atoms with Gasteiger partial charge in [-0.1, -0.05) is 6.07 Å². The summed E-state index contributed by atoms with van der Waals surface area (Å²) in [6.45, 7) is 0.0719. The first-order chi connectivity index (χ1) is 13.5. The summed E-state index contributed by atoms with van der Waals surface area (Å²) in [7, 11) is -0.869. The van der Waals surface area contributed by atoms with Crippen molar-refractivity contribution in [2.24, 2.45) is 0 Å². The smallest absolute Gasteiger partial charge is 0.251 e. The van der Waals surface area contributed by atoms with E-state index in [0.717, 1.165) is 0 Å². The van der Waals surface area contributed by atoms with E-state index in [-0.39, 0.29) is 29.4 Å². The Morgan fingerprint density at radius 1 is 1.07 bits per heavy atom. The van der Waals surface area contributed by atoms with E-state index in [1.54, 1.807) is 24.3 Å². The molecule has 0 aliphatic rings. The number of hydrogen-bond acceptors (Lipinski definition) is 8. The third-order valence-electron chi connectivity index (χ3n) is 3.89. The Bertz CT molecular complexity index is 1100. The molecule has 1 heterocycles. The number of hydrogen-bond donors (Lipinski definition) is 2. The summed E-state index contributed by atoms with van der Waals surface area (Å²) in [5.41, 5.74) is 0.841. The van der Waals surface area contributed by atoms with Crippen molar-refractivity contribution in [2.45, 2.75) is 4.90 Å². The Morgan fingerprint density at radius 2 is 1.86 bits per heavy atom. The molecule has 10 nitrogen and oxygen atoms in total. The molecule has 0 saturated heterocycles. The van der Waals surface area contributed by atoms with Gasteiger partial charge < -0.3 is 14.8 Å². The summed E-state index contributed by atoms with van der Waals surface area (Å²) in [5, 5.41) is 9.87. The molecule has 0 spiro atoms. The van der Waals surface area contributed by atoms with E-state index < -0.39 is 10.0 Å². The molecule has 11 heteroatoms. The molecule has 3 aromatic rings. The number of carbonyl (C=O) groups is 1. The van der Waals surface area contributed by atoms with Crippen LogP contribution in [0.1, 0.15) is 10.4 Å². The summed E-state index contributed by atoms with van der Waals surface area (Å²) in [4.78, 5) is 12.2. The number of nitrogens with one attached hydrogen (secondary N) is 2. The fraction of sp³-hybridized carbons (Fsp3) is 0.235. The van der Waals surface area contributed by atoms with E-state index in [0.29, 0.717) is 22.6 Å². The molecular weight excluding hydrogens is 388 g/mol. The monoisotopic (exact) mass is 406 g/mol. The first-order valence-electron chi connectivity index (χ1n) is 8.17. The highest BCUT2D eigenvalue weighted by Gasteiger charge is 2.20. The van der Waals surface area contributed by atoms with Crippen LogP contribution in [0.25, 0.3) is 11.0 Å². The van der Waals surface area contributed by atoms with Crippen LogP contribution in [0.4, 0.5) is 0 Å². The molecule has 148 valence electrons.